The summed E-state index contributed by atoms with van der Waals surface area (Å²) in [5.74, 6) is 1.55. The second-order valence-corrected chi connectivity index (χ2v) is 13.2. The minimum Gasteiger partial charge on any atom is -0.439 e. The number of amides is 1. The fraction of sp³-hybridized carbons (Fsp3) is 0.500. The predicted octanol–water partition coefficient (Wildman–Crippen LogP) is 5.55. The highest BCUT2D eigenvalue weighted by Crippen LogP contribution is 2.26. The van der Waals surface area contributed by atoms with Crippen LogP contribution in [0, 0.1) is 0 Å². The van der Waals surface area contributed by atoms with Crippen LogP contribution in [0.5, 0.6) is 0 Å². The highest BCUT2D eigenvalue weighted by molar-refractivity contribution is 9.10. The maximum atomic E-state index is 13.5. The van der Waals surface area contributed by atoms with Gasteiger partial charge in [-0.1, -0.05) is 47.1 Å². The first kappa shape index (κ1) is 29.2. The van der Waals surface area contributed by atoms with E-state index in [1.165, 1.54) is 0 Å². The topological polar surface area (TPSA) is 98.1 Å². The number of carbonyl (C=O) groups is 1. The van der Waals surface area contributed by atoms with Crippen LogP contribution in [0.2, 0.25) is 0 Å². The molecule has 4 aromatic rings. The standard InChI is InChI=1S/C30H39BrN8O2/c1-19(2)26-12-25(34-39(26)30(5,6)7)29(40)36-14-20(3)38(21(4)15-36)17-24-16-37(35-33-24)18-28-32-13-27(41-28)22-9-8-10-23(31)11-22/h8-13,16,19-21H,14-15,17-18H2,1-7H3/t20-,21+. The van der Waals surface area contributed by atoms with Crippen LogP contribution in [0.15, 0.2) is 51.6 Å². The van der Waals surface area contributed by atoms with Crippen molar-refractivity contribution in [1.29, 1.82) is 0 Å². The van der Waals surface area contributed by atoms with Gasteiger partial charge in [-0.2, -0.15) is 5.10 Å². The van der Waals surface area contributed by atoms with Gasteiger partial charge in [0.25, 0.3) is 5.91 Å². The summed E-state index contributed by atoms with van der Waals surface area (Å²) in [5.41, 5.74) is 3.24. The maximum absolute atomic E-state index is 13.5. The number of hydrogen-bond acceptors (Lipinski definition) is 7. The van der Waals surface area contributed by atoms with E-state index in [9.17, 15) is 4.79 Å². The Hall–Kier alpha value is -3.31. The predicted molar refractivity (Wildman–Crippen MR) is 160 cm³/mol. The summed E-state index contributed by atoms with van der Waals surface area (Å²) in [5, 5.41) is 13.5. The third-order valence-corrected chi connectivity index (χ3v) is 7.96. The van der Waals surface area contributed by atoms with Gasteiger partial charge >= 0.3 is 0 Å². The van der Waals surface area contributed by atoms with Crippen LogP contribution in [0.1, 0.15) is 82.2 Å². The van der Waals surface area contributed by atoms with Crippen LogP contribution in [-0.2, 0) is 18.6 Å². The monoisotopic (exact) mass is 622 g/mol. The molecule has 0 N–H and O–H groups in total. The Labute approximate surface area is 249 Å². The molecule has 218 valence electrons. The van der Waals surface area contributed by atoms with Crippen molar-refractivity contribution in [3.63, 3.8) is 0 Å². The highest BCUT2D eigenvalue weighted by Gasteiger charge is 2.34. The molecule has 1 saturated heterocycles. The molecule has 0 spiro atoms. The van der Waals surface area contributed by atoms with Crippen molar-refractivity contribution in [3.05, 3.63) is 70.2 Å². The third kappa shape index (κ3) is 6.46. The van der Waals surface area contributed by atoms with Gasteiger partial charge in [0.1, 0.15) is 6.54 Å². The quantitative estimate of drug-likeness (QED) is 0.266. The van der Waals surface area contributed by atoms with Gasteiger partial charge in [0.05, 0.1) is 23.6 Å². The molecular weight excluding hydrogens is 584 g/mol. The molecule has 1 fully saturated rings. The lowest BCUT2D eigenvalue weighted by Gasteiger charge is -2.44. The molecule has 4 heterocycles. The van der Waals surface area contributed by atoms with Crippen molar-refractivity contribution < 1.29 is 9.21 Å². The molecule has 0 saturated carbocycles. The van der Waals surface area contributed by atoms with E-state index in [1.807, 2.05) is 46.1 Å². The molecular formula is C30H39BrN8O2. The summed E-state index contributed by atoms with van der Waals surface area (Å²) >= 11 is 3.50. The highest BCUT2D eigenvalue weighted by atomic mass is 79.9. The van der Waals surface area contributed by atoms with Crippen molar-refractivity contribution in [2.45, 2.75) is 85.1 Å². The van der Waals surface area contributed by atoms with Gasteiger partial charge in [-0.25, -0.2) is 9.67 Å². The molecule has 2 atom stereocenters. The normalized spacial score (nSPS) is 18.4. The number of rotatable bonds is 7. The number of aromatic nitrogens is 6. The largest absolute Gasteiger partial charge is 0.439 e. The molecule has 0 aliphatic carbocycles. The third-order valence-electron chi connectivity index (χ3n) is 7.46. The summed E-state index contributed by atoms with van der Waals surface area (Å²) in [6.45, 7) is 17.2. The number of oxazole rings is 1. The van der Waals surface area contributed by atoms with E-state index in [0.717, 1.165) is 21.4 Å². The minimum absolute atomic E-state index is 0.00706. The number of hydrogen-bond donors (Lipinski definition) is 0. The molecule has 0 unspecified atom stereocenters. The van der Waals surface area contributed by atoms with E-state index in [2.05, 4.69) is 84.6 Å². The van der Waals surface area contributed by atoms with Crippen LogP contribution in [0.25, 0.3) is 11.3 Å². The van der Waals surface area contributed by atoms with E-state index in [-0.39, 0.29) is 29.4 Å². The molecule has 11 heteroatoms. The molecule has 1 amide bonds. The zero-order valence-electron chi connectivity index (χ0n) is 24.9. The molecule has 1 aliphatic rings. The zero-order valence-corrected chi connectivity index (χ0v) is 26.5. The second-order valence-electron chi connectivity index (χ2n) is 12.3. The van der Waals surface area contributed by atoms with E-state index < -0.39 is 0 Å². The Bertz CT molecular complexity index is 1500. The van der Waals surface area contributed by atoms with E-state index in [4.69, 9.17) is 9.52 Å². The first-order chi connectivity index (χ1) is 19.4. The van der Waals surface area contributed by atoms with Gasteiger partial charge in [0.15, 0.2) is 11.5 Å². The Morgan fingerprint density at radius 3 is 2.49 bits per heavy atom. The van der Waals surface area contributed by atoms with Gasteiger partial charge in [-0.05, 0) is 58.7 Å². The molecule has 3 aromatic heterocycles. The molecule has 0 bridgehead atoms. The molecule has 10 nitrogen and oxygen atoms in total. The molecule has 1 aliphatic heterocycles. The lowest BCUT2D eigenvalue weighted by Crippen LogP contribution is -2.57. The average Bonchev–Trinajstić information content (AvgIpc) is 3.66. The van der Waals surface area contributed by atoms with Gasteiger partial charge in [-0.15, -0.1) is 5.10 Å². The number of carbonyl (C=O) groups excluding carboxylic acids is 1. The SMILES string of the molecule is CC(C)c1cc(C(=O)N2C[C@@H](C)N(Cc3cn(Cc4ncc(-c5cccc(Br)c5)o4)nn3)[C@@H](C)C2)nn1C(C)(C)C. The summed E-state index contributed by atoms with van der Waals surface area (Å²) in [6, 6.07) is 10.2. The minimum atomic E-state index is -0.191. The Morgan fingerprint density at radius 2 is 1.85 bits per heavy atom. The van der Waals surface area contributed by atoms with Crippen LogP contribution >= 0.6 is 15.9 Å². The number of nitrogens with zero attached hydrogens (tertiary/aromatic N) is 8. The number of benzene rings is 1. The molecule has 5 rings (SSSR count). The second kappa shape index (κ2) is 11.5. The van der Waals surface area contributed by atoms with Crippen LogP contribution in [0.4, 0.5) is 0 Å². The van der Waals surface area contributed by atoms with Crippen LogP contribution in [-0.4, -0.2) is 70.6 Å². The first-order valence-corrected chi connectivity index (χ1v) is 14.9. The van der Waals surface area contributed by atoms with Crippen molar-refractivity contribution in [3.8, 4) is 11.3 Å². The maximum Gasteiger partial charge on any atom is 0.274 e. The first-order valence-electron chi connectivity index (χ1n) is 14.1. The van der Waals surface area contributed by atoms with Gasteiger partial charge in [0, 0.05) is 47.4 Å². The van der Waals surface area contributed by atoms with Crippen LogP contribution in [0.3, 0.4) is 0 Å². The Kier molecular flexibility index (Phi) is 8.20. The lowest BCUT2D eigenvalue weighted by molar-refractivity contribution is 0.0259. The zero-order chi connectivity index (χ0) is 29.5. The summed E-state index contributed by atoms with van der Waals surface area (Å²) in [4.78, 5) is 22.3. The molecule has 1 aromatic carbocycles. The molecule has 41 heavy (non-hydrogen) atoms. The van der Waals surface area contributed by atoms with Crippen molar-refractivity contribution >= 4 is 21.8 Å². The van der Waals surface area contributed by atoms with Gasteiger partial charge < -0.3 is 9.32 Å². The van der Waals surface area contributed by atoms with Gasteiger partial charge in [-0.3, -0.25) is 14.4 Å². The number of halogens is 1. The number of piperazine rings is 1. The van der Waals surface area contributed by atoms with Gasteiger partial charge in [0.2, 0.25) is 5.89 Å². The average molecular weight is 624 g/mol. The van der Waals surface area contributed by atoms with E-state index in [1.54, 1.807) is 10.9 Å². The van der Waals surface area contributed by atoms with Crippen molar-refractivity contribution in [2.24, 2.45) is 0 Å². The Morgan fingerprint density at radius 1 is 1.12 bits per heavy atom. The summed E-state index contributed by atoms with van der Waals surface area (Å²) in [6.07, 6.45) is 3.67. The summed E-state index contributed by atoms with van der Waals surface area (Å²) in [7, 11) is 0. The summed E-state index contributed by atoms with van der Waals surface area (Å²) < 4.78 is 10.7. The van der Waals surface area contributed by atoms with E-state index >= 15 is 0 Å². The van der Waals surface area contributed by atoms with Crippen molar-refractivity contribution in [1.82, 2.24) is 39.6 Å². The van der Waals surface area contributed by atoms with Crippen molar-refractivity contribution in [2.75, 3.05) is 13.1 Å². The fourth-order valence-corrected chi connectivity index (χ4v) is 5.82. The smallest absolute Gasteiger partial charge is 0.274 e. The van der Waals surface area contributed by atoms with Crippen LogP contribution < -0.4 is 0 Å². The van der Waals surface area contributed by atoms with E-state index in [0.29, 0.717) is 43.5 Å². The molecule has 0 radical (unpaired) electrons. The Balaban J connectivity index is 1.22. The lowest BCUT2D eigenvalue weighted by atomic mass is 10.0. The fourth-order valence-electron chi connectivity index (χ4n) is 5.42.